The maximum Gasteiger partial charge on any atom is 0.407 e. The molecule has 2 aliphatic rings. The van der Waals surface area contributed by atoms with E-state index in [4.69, 9.17) is 21.1 Å². The molecule has 2 N–H and O–H groups in total. The molecule has 0 aromatic carbocycles. The van der Waals surface area contributed by atoms with Crippen LogP contribution in [0.15, 0.2) is 11.0 Å². The Hall–Kier alpha value is -1.80. The summed E-state index contributed by atoms with van der Waals surface area (Å²) in [6.07, 6.45) is 3.17. The maximum atomic E-state index is 11.9. The molecule has 1 aromatic rings. The number of carbonyl (C=O) groups excluding carboxylic acids is 1. The summed E-state index contributed by atoms with van der Waals surface area (Å²) in [6.45, 7) is 2.47. The Bertz CT molecular complexity index is 617. The second kappa shape index (κ2) is 7.18. The minimum atomic E-state index is -0.425. The number of rotatable bonds is 3. The number of hydrogen-bond acceptors (Lipinski definition) is 6. The quantitative estimate of drug-likeness (QED) is 0.847. The average molecular weight is 343 g/mol. The SMILES string of the molecule is O=C(NC1CCOCC1)O[C@@H]1CCN(c2cn[nH]c(=O)c2Cl)C1. The molecule has 2 saturated heterocycles. The van der Waals surface area contributed by atoms with Gasteiger partial charge in [0.05, 0.1) is 18.4 Å². The number of halogens is 1. The fourth-order valence-electron chi connectivity index (χ4n) is 2.83. The standard InChI is InChI=1S/C14H19ClN4O4/c15-12-11(7-16-18-13(12)20)19-4-1-10(8-19)23-14(21)17-9-2-5-22-6-3-9/h7,9-10H,1-6,8H2,(H,17,21)(H,18,20)/t10-/m1/s1. The Morgan fingerprint density at radius 1 is 1.43 bits per heavy atom. The molecule has 126 valence electrons. The lowest BCUT2D eigenvalue weighted by Crippen LogP contribution is -2.41. The number of nitrogens with one attached hydrogen (secondary N) is 2. The monoisotopic (exact) mass is 342 g/mol. The normalized spacial score (nSPS) is 22.1. The average Bonchev–Trinajstić information content (AvgIpc) is 2.99. The highest BCUT2D eigenvalue weighted by molar-refractivity contribution is 6.33. The van der Waals surface area contributed by atoms with Crippen LogP contribution in [0.4, 0.5) is 10.5 Å². The summed E-state index contributed by atoms with van der Waals surface area (Å²) < 4.78 is 10.7. The Morgan fingerprint density at radius 3 is 3.00 bits per heavy atom. The van der Waals surface area contributed by atoms with Crippen LogP contribution in [0.3, 0.4) is 0 Å². The first-order valence-electron chi connectivity index (χ1n) is 7.66. The van der Waals surface area contributed by atoms with Crippen LogP contribution in [0.25, 0.3) is 0 Å². The van der Waals surface area contributed by atoms with E-state index in [1.54, 1.807) is 0 Å². The van der Waals surface area contributed by atoms with Crippen LogP contribution in [0.5, 0.6) is 0 Å². The van der Waals surface area contributed by atoms with Crippen LogP contribution in [0.1, 0.15) is 19.3 Å². The number of hydrogen-bond donors (Lipinski definition) is 2. The molecule has 9 heteroatoms. The van der Waals surface area contributed by atoms with Crippen LogP contribution in [-0.2, 0) is 9.47 Å². The Labute approximate surface area is 138 Å². The molecule has 8 nitrogen and oxygen atoms in total. The van der Waals surface area contributed by atoms with Gasteiger partial charge in [-0.15, -0.1) is 0 Å². The first-order chi connectivity index (χ1) is 11.1. The third-order valence-corrected chi connectivity index (χ3v) is 4.45. The van der Waals surface area contributed by atoms with Crippen LogP contribution >= 0.6 is 11.6 Å². The molecule has 0 radical (unpaired) electrons. The molecular formula is C14H19ClN4O4. The van der Waals surface area contributed by atoms with Crippen molar-refractivity contribution < 1.29 is 14.3 Å². The van der Waals surface area contributed by atoms with E-state index in [-0.39, 0.29) is 17.2 Å². The summed E-state index contributed by atoms with van der Waals surface area (Å²) in [6, 6.07) is 0.111. The summed E-state index contributed by atoms with van der Waals surface area (Å²) in [5, 5.41) is 9.01. The maximum absolute atomic E-state index is 11.9. The topological polar surface area (TPSA) is 96.6 Å². The van der Waals surface area contributed by atoms with Gasteiger partial charge in [-0.25, -0.2) is 9.89 Å². The van der Waals surface area contributed by atoms with Crippen LogP contribution < -0.4 is 15.8 Å². The van der Waals surface area contributed by atoms with Crippen molar-refractivity contribution in [2.45, 2.75) is 31.4 Å². The molecule has 2 fully saturated rings. The predicted molar refractivity (Wildman–Crippen MR) is 83.9 cm³/mol. The summed E-state index contributed by atoms with van der Waals surface area (Å²) >= 11 is 6.00. The lowest BCUT2D eigenvalue weighted by molar-refractivity contribution is 0.0670. The van der Waals surface area contributed by atoms with E-state index in [0.29, 0.717) is 38.4 Å². The Kier molecular flexibility index (Phi) is 5.02. The van der Waals surface area contributed by atoms with Crippen LogP contribution in [-0.4, -0.2) is 54.7 Å². The third-order valence-electron chi connectivity index (χ3n) is 4.08. The highest BCUT2D eigenvalue weighted by Gasteiger charge is 2.28. The Balaban J connectivity index is 1.52. The van der Waals surface area contributed by atoms with Crippen LogP contribution in [0, 0.1) is 0 Å². The van der Waals surface area contributed by atoms with E-state index in [0.717, 1.165) is 12.8 Å². The first-order valence-corrected chi connectivity index (χ1v) is 8.04. The van der Waals surface area contributed by atoms with Gasteiger partial charge in [0.2, 0.25) is 0 Å². The highest BCUT2D eigenvalue weighted by Crippen LogP contribution is 2.25. The van der Waals surface area contributed by atoms with Crippen molar-refractivity contribution in [1.82, 2.24) is 15.5 Å². The molecule has 1 amide bonds. The largest absolute Gasteiger partial charge is 0.444 e. The van der Waals surface area contributed by atoms with E-state index < -0.39 is 11.7 Å². The van der Waals surface area contributed by atoms with E-state index in [1.165, 1.54) is 6.20 Å². The molecule has 23 heavy (non-hydrogen) atoms. The van der Waals surface area contributed by atoms with E-state index in [9.17, 15) is 9.59 Å². The molecule has 3 heterocycles. The molecule has 0 unspecified atom stereocenters. The second-order valence-corrected chi connectivity index (χ2v) is 6.07. The number of carbonyl (C=O) groups is 1. The second-order valence-electron chi connectivity index (χ2n) is 5.69. The lowest BCUT2D eigenvalue weighted by atomic mass is 10.1. The smallest absolute Gasteiger partial charge is 0.407 e. The van der Waals surface area contributed by atoms with Gasteiger partial charge in [0.25, 0.3) is 5.56 Å². The zero-order valence-corrected chi connectivity index (χ0v) is 13.3. The molecule has 1 atom stereocenters. The number of ether oxygens (including phenoxy) is 2. The minimum Gasteiger partial charge on any atom is -0.444 e. The molecule has 2 aliphatic heterocycles. The number of aromatic nitrogens is 2. The number of anilines is 1. The van der Waals surface area contributed by atoms with Crippen molar-refractivity contribution in [3.63, 3.8) is 0 Å². The molecular weight excluding hydrogens is 324 g/mol. The van der Waals surface area contributed by atoms with Gasteiger partial charge in [-0.3, -0.25) is 4.79 Å². The third kappa shape index (κ3) is 3.94. The zero-order valence-electron chi connectivity index (χ0n) is 12.6. The van der Waals surface area contributed by atoms with Gasteiger partial charge in [-0.1, -0.05) is 11.6 Å². The van der Waals surface area contributed by atoms with Crippen molar-refractivity contribution in [2.24, 2.45) is 0 Å². The summed E-state index contributed by atoms with van der Waals surface area (Å²) in [5.41, 5.74) is 0.136. The van der Waals surface area contributed by atoms with Crippen molar-refractivity contribution in [2.75, 3.05) is 31.2 Å². The summed E-state index contributed by atoms with van der Waals surface area (Å²) in [7, 11) is 0. The number of nitrogens with zero attached hydrogens (tertiary/aromatic N) is 2. The molecule has 0 aliphatic carbocycles. The van der Waals surface area contributed by atoms with Gasteiger partial charge in [0.15, 0.2) is 0 Å². The fourth-order valence-corrected chi connectivity index (χ4v) is 3.04. The molecule has 0 saturated carbocycles. The number of amides is 1. The van der Waals surface area contributed by atoms with Crippen molar-refractivity contribution in [1.29, 1.82) is 0 Å². The summed E-state index contributed by atoms with van der Waals surface area (Å²) in [5.74, 6) is 0. The summed E-state index contributed by atoms with van der Waals surface area (Å²) in [4.78, 5) is 25.3. The van der Waals surface area contributed by atoms with Gasteiger partial charge in [-0.2, -0.15) is 5.10 Å². The van der Waals surface area contributed by atoms with Crippen molar-refractivity contribution >= 4 is 23.4 Å². The van der Waals surface area contributed by atoms with Gasteiger partial charge in [0.1, 0.15) is 11.1 Å². The van der Waals surface area contributed by atoms with Gasteiger partial charge >= 0.3 is 6.09 Å². The fraction of sp³-hybridized carbons (Fsp3) is 0.643. The van der Waals surface area contributed by atoms with Crippen molar-refractivity contribution in [3.05, 3.63) is 21.6 Å². The zero-order chi connectivity index (χ0) is 16.2. The molecule has 3 rings (SSSR count). The van der Waals surface area contributed by atoms with Crippen LogP contribution in [0.2, 0.25) is 5.02 Å². The first kappa shape index (κ1) is 16.1. The number of H-pyrrole nitrogens is 1. The molecule has 1 aromatic heterocycles. The van der Waals surface area contributed by atoms with E-state index >= 15 is 0 Å². The van der Waals surface area contributed by atoms with Gasteiger partial charge in [-0.05, 0) is 12.8 Å². The van der Waals surface area contributed by atoms with E-state index in [1.807, 2.05) is 4.90 Å². The lowest BCUT2D eigenvalue weighted by Gasteiger charge is -2.24. The highest BCUT2D eigenvalue weighted by atomic mass is 35.5. The number of alkyl carbamates (subject to hydrolysis) is 1. The van der Waals surface area contributed by atoms with E-state index in [2.05, 4.69) is 15.5 Å². The minimum absolute atomic E-state index is 0.104. The molecule has 0 spiro atoms. The van der Waals surface area contributed by atoms with Gasteiger partial charge < -0.3 is 19.7 Å². The Morgan fingerprint density at radius 2 is 2.22 bits per heavy atom. The molecule has 0 bridgehead atoms. The number of aromatic amines is 1. The predicted octanol–water partition coefficient (Wildman–Crippen LogP) is 0.907. The van der Waals surface area contributed by atoms with Gasteiger partial charge in [0, 0.05) is 32.2 Å². The van der Waals surface area contributed by atoms with Crippen molar-refractivity contribution in [3.8, 4) is 0 Å².